The third-order valence-corrected chi connectivity index (χ3v) is 3.46. The molecule has 20 heavy (non-hydrogen) atoms. The number of carbonyl (C=O) groups excluding carboxylic acids is 1. The van der Waals surface area contributed by atoms with Gasteiger partial charge in [-0.05, 0) is 43.9 Å². The summed E-state index contributed by atoms with van der Waals surface area (Å²) in [4.78, 5) is 11.9. The van der Waals surface area contributed by atoms with Gasteiger partial charge >= 0.3 is 6.18 Å². The number of hydrogen-bond donors (Lipinski definition) is 2. The Morgan fingerprint density at radius 3 is 2.45 bits per heavy atom. The fraction of sp³-hybridized carbons (Fsp3) is 0.462. The van der Waals surface area contributed by atoms with Crippen LogP contribution in [0.15, 0.2) is 18.2 Å². The summed E-state index contributed by atoms with van der Waals surface area (Å²) < 4.78 is 51.1. The van der Waals surface area contributed by atoms with Crippen molar-refractivity contribution in [3.05, 3.63) is 29.6 Å². The van der Waals surface area contributed by atoms with Crippen LogP contribution in [0.5, 0.6) is 0 Å². The molecule has 1 amide bonds. The third kappa shape index (κ3) is 2.92. The topological polar surface area (TPSA) is 55.1 Å². The summed E-state index contributed by atoms with van der Waals surface area (Å²) in [5.74, 6) is -1.63. The lowest BCUT2D eigenvalue weighted by molar-refractivity contribution is -0.137. The predicted molar refractivity (Wildman–Crippen MR) is 65.3 cm³/mol. The van der Waals surface area contributed by atoms with Crippen molar-refractivity contribution in [2.75, 3.05) is 5.32 Å². The zero-order chi connectivity index (χ0) is 15.1. The van der Waals surface area contributed by atoms with Gasteiger partial charge in [0.1, 0.15) is 5.82 Å². The van der Waals surface area contributed by atoms with Crippen LogP contribution in [0.25, 0.3) is 0 Å². The summed E-state index contributed by atoms with van der Waals surface area (Å²) in [5, 5.41) is 2.15. The van der Waals surface area contributed by atoms with Crippen LogP contribution < -0.4 is 11.1 Å². The van der Waals surface area contributed by atoms with Crippen molar-refractivity contribution in [1.82, 2.24) is 0 Å². The number of amides is 1. The van der Waals surface area contributed by atoms with E-state index in [1.165, 1.54) is 6.92 Å². The zero-order valence-corrected chi connectivity index (χ0v) is 10.7. The Labute approximate surface area is 113 Å². The highest BCUT2D eigenvalue weighted by molar-refractivity contribution is 5.98. The van der Waals surface area contributed by atoms with E-state index in [9.17, 15) is 22.4 Å². The van der Waals surface area contributed by atoms with Crippen LogP contribution in [0, 0.1) is 11.7 Å². The molecule has 0 heterocycles. The quantitative estimate of drug-likeness (QED) is 0.841. The Bertz CT molecular complexity index is 536. The number of nitrogens with one attached hydrogen (secondary N) is 1. The van der Waals surface area contributed by atoms with Crippen molar-refractivity contribution in [3.8, 4) is 0 Å². The van der Waals surface area contributed by atoms with Gasteiger partial charge in [0.15, 0.2) is 0 Å². The molecule has 1 aromatic rings. The molecular formula is C13H14F4N2O. The van der Waals surface area contributed by atoms with E-state index in [0.717, 1.165) is 12.8 Å². The molecule has 0 aliphatic heterocycles. The van der Waals surface area contributed by atoms with Gasteiger partial charge in [-0.15, -0.1) is 0 Å². The van der Waals surface area contributed by atoms with Gasteiger partial charge in [-0.1, -0.05) is 0 Å². The minimum Gasteiger partial charge on any atom is -0.322 e. The van der Waals surface area contributed by atoms with Crippen LogP contribution in [0.2, 0.25) is 0 Å². The first-order valence-corrected chi connectivity index (χ1v) is 6.09. The monoisotopic (exact) mass is 290 g/mol. The maximum Gasteiger partial charge on any atom is 0.416 e. The molecule has 1 aliphatic rings. The van der Waals surface area contributed by atoms with E-state index in [-0.39, 0.29) is 5.92 Å². The maximum absolute atomic E-state index is 13.5. The Morgan fingerprint density at radius 2 is 1.95 bits per heavy atom. The number of alkyl halides is 3. The van der Waals surface area contributed by atoms with Crippen LogP contribution in [0.3, 0.4) is 0 Å². The highest BCUT2D eigenvalue weighted by atomic mass is 19.4. The maximum atomic E-state index is 13.5. The molecule has 7 heteroatoms. The van der Waals surface area contributed by atoms with Gasteiger partial charge < -0.3 is 11.1 Å². The van der Waals surface area contributed by atoms with Gasteiger partial charge in [-0.2, -0.15) is 13.2 Å². The second kappa shape index (κ2) is 4.73. The molecule has 0 bridgehead atoms. The Balaban J connectivity index is 2.22. The SMILES string of the molecule is CC(N)(C(=O)Nc1cc(C(F)(F)F)ccc1F)C1CC1. The van der Waals surface area contributed by atoms with E-state index in [0.29, 0.717) is 18.2 Å². The molecule has 1 unspecified atom stereocenters. The fourth-order valence-electron chi connectivity index (χ4n) is 1.92. The molecule has 0 saturated heterocycles. The largest absolute Gasteiger partial charge is 0.416 e. The summed E-state index contributed by atoms with van der Waals surface area (Å²) >= 11 is 0. The number of rotatable bonds is 3. The molecule has 1 saturated carbocycles. The molecule has 0 aromatic heterocycles. The average Bonchev–Trinajstić information content (AvgIpc) is 3.14. The number of anilines is 1. The first-order chi connectivity index (χ1) is 9.12. The van der Waals surface area contributed by atoms with E-state index in [1.807, 2.05) is 0 Å². The van der Waals surface area contributed by atoms with E-state index in [4.69, 9.17) is 5.73 Å². The van der Waals surface area contributed by atoms with Crippen molar-refractivity contribution in [2.24, 2.45) is 11.7 Å². The number of halogens is 4. The summed E-state index contributed by atoms with van der Waals surface area (Å²) in [6.07, 6.45) is -3.04. The normalized spacial score (nSPS) is 18.5. The molecular weight excluding hydrogens is 276 g/mol. The van der Waals surface area contributed by atoms with Crippen molar-refractivity contribution in [1.29, 1.82) is 0 Å². The molecule has 0 radical (unpaired) electrons. The number of hydrogen-bond acceptors (Lipinski definition) is 2. The summed E-state index contributed by atoms with van der Waals surface area (Å²) in [5.41, 5.74) is 3.08. The Kier molecular flexibility index (Phi) is 3.49. The number of nitrogens with two attached hydrogens (primary N) is 1. The van der Waals surface area contributed by atoms with Gasteiger partial charge in [0.2, 0.25) is 5.91 Å². The first kappa shape index (κ1) is 14.8. The zero-order valence-electron chi connectivity index (χ0n) is 10.7. The number of benzene rings is 1. The van der Waals surface area contributed by atoms with Gasteiger partial charge in [0, 0.05) is 0 Å². The molecule has 1 aromatic carbocycles. The molecule has 1 aliphatic carbocycles. The lowest BCUT2D eigenvalue weighted by Crippen LogP contribution is -2.50. The van der Waals surface area contributed by atoms with E-state index < -0.39 is 34.7 Å². The van der Waals surface area contributed by atoms with Crippen LogP contribution in [0.1, 0.15) is 25.3 Å². The van der Waals surface area contributed by atoms with Crippen LogP contribution in [0.4, 0.5) is 23.2 Å². The Morgan fingerprint density at radius 1 is 1.35 bits per heavy atom. The minimum atomic E-state index is -4.60. The molecule has 0 spiro atoms. The lowest BCUT2D eigenvalue weighted by Gasteiger charge is -2.23. The summed E-state index contributed by atoms with van der Waals surface area (Å²) in [6, 6.07) is 1.85. The molecule has 1 fully saturated rings. The summed E-state index contributed by atoms with van der Waals surface area (Å²) in [7, 11) is 0. The molecule has 3 N–H and O–H groups in total. The van der Waals surface area contributed by atoms with Crippen molar-refractivity contribution in [2.45, 2.75) is 31.5 Å². The second-order valence-electron chi connectivity index (χ2n) is 5.20. The molecule has 3 nitrogen and oxygen atoms in total. The van der Waals surface area contributed by atoms with Gasteiger partial charge in [-0.3, -0.25) is 4.79 Å². The minimum absolute atomic E-state index is 0.0173. The van der Waals surface area contributed by atoms with Crippen LogP contribution >= 0.6 is 0 Å². The second-order valence-corrected chi connectivity index (χ2v) is 5.20. The average molecular weight is 290 g/mol. The van der Waals surface area contributed by atoms with Crippen molar-refractivity contribution in [3.63, 3.8) is 0 Å². The van der Waals surface area contributed by atoms with E-state index in [2.05, 4.69) is 5.32 Å². The van der Waals surface area contributed by atoms with Crippen molar-refractivity contribution >= 4 is 11.6 Å². The van der Waals surface area contributed by atoms with Crippen LogP contribution in [-0.4, -0.2) is 11.4 Å². The summed E-state index contributed by atoms with van der Waals surface area (Å²) in [6.45, 7) is 1.49. The first-order valence-electron chi connectivity index (χ1n) is 6.09. The van der Waals surface area contributed by atoms with Crippen molar-refractivity contribution < 1.29 is 22.4 Å². The van der Waals surface area contributed by atoms with Gasteiger partial charge in [-0.25, -0.2) is 4.39 Å². The smallest absolute Gasteiger partial charge is 0.322 e. The molecule has 110 valence electrons. The van der Waals surface area contributed by atoms with Crippen LogP contribution in [-0.2, 0) is 11.0 Å². The molecule has 2 rings (SSSR count). The van der Waals surface area contributed by atoms with E-state index >= 15 is 0 Å². The van der Waals surface area contributed by atoms with Gasteiger partial charge in [0.05, 0.1) is 16.8 Å². The third-order valence-electron chi connectivity index (χ3n) is 3.46. The predicted octanol–water partition coefficient (Wildman–Crippen LogP) is 2.91. The lowest BCUT2D eigenvalue weighted by atomic mass is 9.96. The number of carbonyl (C=O) groups is 1. The fourth-order valence-corrected chi connectivity index (χ4v) is 1.92. The molecule has 1 atom stereocenters. The van der Waals surface area contributed by atoms with E-state index in [1.54, 1.807) is 0 Å². The van der Waals surface area contributed by atoms with Gasteiger partial charge in [0.25, 0.3) is 0 Å². The standard InChI is InChI=1S/C13H14F4N2O/c1-12(18,7-2-3-7)11(20)19-10-6-8(13(15,16)17)4-5-9(10)14/h4-7H,2-3,18H2,1H3,(H,19,20). The Hall–Kier alpha value is -1.63. The highest BCUT2D eigenvalue weighted by Crippen LogP contribution is 2.39. The highest BCUT2D eigenvalue weighted by Gasteiger charge is 2.44.